The Balaban J connectivity index is 2.12. The highest BCUT2D eigenvalue weighted by atomic mass is 35.5. The van der Waals surface area contributed by atoms with E-state index in [1.807, 2.05) is 19.9 Å². The van der Waals surface area contributed by atoms with Crippen LogP contribution in [0.15, 0.2) is 24.3 Å². The molecular formula is C17H22ClN5O2. The molecule has 7 nitrogen and oxygen atoms in total. The van der Waals surface area contributed by atoms with E-state index in [0.29, 0.717) is 16.4 Å². The summed E-state index contributed by atoms with van der Waals surface area (Å²) in [7, 11) is 0. The number of hydrogen-bond acceptors (Lipinski definition) is 4. The van der Waals surface area contributed by atoms with Crippen LogP contribution in [-0.2, 0) is 4.79 Å². The monoisotopic (exact) mass is 363 g/mol. The first-order valence-electron chi connectivity index (χ1n) is 8.13. The third-order valence-corrected chi connectivity index (χ3v) is 4.14. The zero-order valence-electron chi connectivity index (χ0n) is 14.7. The van der Waals surface area contributed by atoms with E-state index in [0.717, 1.165) is 6.42 Å². The SMILES string of the molecule is CCC(C)NC(=O)C(C)NC(=O)c1nnn(-c2cccc(Cl)c2)c1C. The molecule has 1 aromatic carbocycles. The molecule has 1 aromatic heterocycles. The molecule has 0 saturated heterocycles. The summed E-state index contributed by atoms with van der Waals surface area (Å²) in [5, 5.41) is 14.0. The van der Waals surface area contributed by atoms with Crippen molar-refractivity contribution in [1.29, 1.82) is 0 Å². The molecule has 0 aliphatic rings. The Kier molecular flexibility index (Phi) is 6.14. The van der Waals surface area contributed by atoms with Crippen LogP contribution in [0.1, 0.15) is 43.4 Å². The van der Waals surface area contributed by atoms with Crippen LogP contribution in [0, 0.1) is 6.92 Å². The first-order valence-corrected chi connectivity index (χ1v) is 8.50. The van der Waals surface area contributed by atoms with Crippen LogP contribution in [0.25, 0.3) is 5.69 Å². The Morgan fingerprint density at radius 3 is 2.64 bits per heavy atom. The Hall–Kier alpha value is -2.41. The minimum absolute atomic E-state index is 0.0530. The summed E-state index contributed by atoms with van der Waals surface area (Å²) >= 11 is 5.99. The van der Waals surface area contributed by atoms with Crippen LogP contribution in [0.5, 0.6) is 0 Å². The predicted octanol–water partition coefficient (Wildman–Crippen LogP) is 2.26. The van der Waals surface area contributed by atoms with Crippen molar-refractivity contribution in [2.24, 2.45) is 0 Å². The largest absolute Gasteiger partial charge is 0.352 e. The van der Waals surface area contributed by atoms with Crippen LogP contribution in [-0.4, -0.2) is 38.9 Å². The molecule has 0 spiro atoms. The van der Waals surface area contributed by atoms with Crippen LogP contribution in [0.3, 0.4) is 0 Å². The summed E-state index contributed by atoms with van der Waals surface area (Å²) in [4.78, 5) is 24.5. The molecule has 0 radical (unpaired) electrons. The molecule has 2 aromatic rings. The molecule has 134 valence electrons. The third kappa shape index (κ3) is 4.57. The second-order valence-corrected chi connectivity index (χ2v) is 6.36. The number of nitrogens with one attached hydrogen (secondary N) is 2. The lowest BCUT2D eigenvalue weighted by Crippen LogP contribution is -2.47. The highest BCUT2D eigenvalue weighted by Crippen LogP contribution is 2.16. The fourth-order valence-corrected chi connectivity index (χ4v) is 2.38. The van der Waals surface area contributed by atoms with E-state index >= 15 is 0 Å². The predicted molar refractivity (Wildman–Crippen MR) is 95.9 cm³/mol. The van der Waals surface area contributed by atoms with Crippen LogP contribution in [0.2, 0.25) is 5.02 Å². The minimum Gasteiger partial charge on any atom is -0.352 e. The second kappa shape index (κ2) is 8.11. The van der Waals surface area contributed by atoms with Gasteiger partial charge in [0.25, 0.3) is 5.91 Å². The maximum absolute atomic E-state index is 12.4. The number of rotatable bonds is 6. The van der Waals surface area contributed by atoms with Crippen molar-refractivity contribution in [3.8, 4) is 5.69 Å². The van der Waals surface area contributed by atoms with Gasteiger partial charge < -0.3 is 10.6 Å². The number of carbonyl (C=O) groups is 2. The molecule has 0 fully saturated rings. The first-order chi connectivity index (χ1) is 11.8. The first kappa shape index (κ1) is 18.9. The summed E-state index contributed by atoms with van der Waals surface area (Å²) < 4.78 is 1.53. The fraction of sp³-hybridized carbons (Fsp3) is 0.412. The van der Waals surface area contributed by atoms with Crippen molar-refractivity contribution in [2.75, 3.05) is 0 Å². The van der Waals surface area contributed by atoms with E-state index in [1.54, 1.807) is 32.0 Å². The van der Waals surface area contributed by atoms with E-state index in [4.69, 9.17) is 11.6 Å². The molecule has 2 atom stereocenters. The highest BCUT2D eigenvalue weighted by molar-refractivity contribution is 6.30. The van der Waals surface area contributed by atoms with Crippen molar-refractivity contribution >= 4 is 23.4 Å². The summed E-state index contributed by atoms with van der Waals surface area (Å²) in [5.41, 5.74) is 1.44. The summed E-state index contributed by atoms with van der Waals surface area (Å²) in [6, 6.07) is 6.47. The van der Waals surface area contributed by atoms with E-state index in [2.05, 4.69) is 20.9 Å². The molecule has 2 amide bonds. The van der Waals surface area contributed by atoms with E-state index in [1.165, 1.54) is 4.68 Å². The van der Waals surface area contributed by atoms with Gasteiger partial charge in [-0.25, -0.2) is 4.68 Å². The van der Waals surface area contributed by atoms with E-state index in [-0.39, 0.29) is 17.6 Å². The lowest BCUT2D eigenvalue weighted by molar-refractivity contribution is -0.123. The van der Waals surface area contributed by atoms with Crippen molar-refractivity contribution in [2.45, 2.75) is 46.2 Å². The summed E-state index contributed by atoms with van der Waals surface area (Å²) in [6.45, 7) is 7.25. The summed E-state index contributed by atoms with van der Waals surface area (Å²) in [5.74, 6) is -0.680. The third-order valence-electron chi connectivity index (χ3n) is 3.90. The van der Waals surface area contributed by atoms with Crippen molar-refractivity contribution < 1.29 is 9.59 Å². The average Bonchev–Trinajstić information content (AvgIpc) is 2.96. The fourth-order valence-electron chi connectivity index (χ4n) is 2.19. The number of benzene rings is 1. The van der Waals surface area contributed by atoms with Crippen molar-refractivity contribution in [3.05, 3.63) is 40.7 Å². The van der Waals surface area contributed by atoms with Gasteiger partial charge in [0.1, 0.15) is 6.04 Å². The van der Waals surface area contributed by atoms with Crippen LogP contribution in [0.4, 0.5) is 0 Å². The number of carbonyl (C=O) groups excluding carboxylic acids is 2. The molecule has 0 aliphatic carbocycles. The molecule has 2 unspecified atom stereocenters. The van der Waals surface area contributed by atoms with E-state index < -0.39 is 11.9 Å². The summed E-state index contributed by atoms with van der Waals surface area (Å²) in [6.07, 6.45) is 0.819. The number of aromatic nitrogens is 3. The zero-order chi connectivity index (χ0) is 18.6. The number of amides is 2. The molecule has 0 bridgehead atoms. The van der Waals surface area contributed by atoms with Crippen LogP contribution < -0.4 is 10.6 Å². The number of nitrogens with zero attached hydrogens (tertiary/aromatic N) is 3. The maximum atomic E-state index is 12.4. The van der Waals surface area contributed by atoms with Gasteiger partial charge in [-0.3, -0.25) is 9.59 Å². The highest BCUT2D eigenvalue weighted by Gasteiger charge is 2.22. The van der Waals surface area contributed by atoms with Gasteiger partial charge in [-0.2, -0.15) is 0 Å². The molecule has 2 rings (SSSR count). The standard InChI is InChI=1S/C17H22ClN5O2/c1-5-10(2)19-16(24)11(3)20-17(25)15-12(4)23(22-21-15)14-8-6-7-13(18)9-14/h6-11H,5H2,1-4H3,(H,19,24)(H,20,25). The maximum Gasteiger partial charge on any atom is 0.274 e. The lowest BCUT2D eigenvalue weighted by atomic mass is 10.2. The van der Waals surface area contributed by atoms with Gasteiger partial charge in [0.05, 0.1) is 11.4 Å². The molecule has 0 aliphatic heterocycles. The smallest absolute Gasteiger partial charge is 0.274 e. The minimum atomic E-state index is -0.669. The zero-order valence-corrected chi connectivity index (χ0v) is 15.5. The van der Waals surface area contributed by atoms with Gasteiger partial charge in [-0.1, -0.05) is 29.8 Å². The molecule has 2 N–H and O–H groups in total. The Morgan fingerprint density at radius 1 is 1.28 bits per heavy atom. The van der Waals surface area contributed by atoms with Gasteiger partial charge in [-0.05, 0) is 45.4 Å². The Labute approximate surface area is 151 Å². The van der Waals surface area contributed by atoms with Gasteiger partial charge in [0.2, 0.25) is 5.91 Å². The Bertz CT molecular complexity index is 774. The lowest BCUT2D eigenvalue weighted by Gasteiger charge is -2.17. The van der Waals surface area contributed by atoms with Crippen molar-refractivity contribution in [3.63, 3.8) is 0 Å². The Morgan fingerprint density at radius 2 is 2.00 bits per heavy atom. The normalized spacial score (nSPS) is 13.2. The molecule has 0 saturated carbocycles. The number of halogens is 1. The molecule has 25 heavy (non-hydrogen) atoms. The molecular weight excluding hydrogens is 342 g/mol. The molecule has 8 heteroatoms. The van der Waals surface area contributed by atoms with Crippen LogP contribution >= 0.6 is 11.6 Å². The molecule has 1 heterocycles. The topological polar surface area (TPSA) is 88.9 Å². The second-order valence-electron chi connectivity index (χ2n) is 5.93. The van der Waals surface area contributed by atoms with Gasteiger partial charge in [-0.15, -0.1) is 5.10 Å². The number of hydrogen-bond donors (Lipinski definition) is 2. The quantitative estimate of drug-likeness (QED) is 0.823. The van der Waals surface area contributed by atoms with Gasteiger partial charge in [0, 0.05) is 11.1 Å². The van der Waals surface area contributed by atoms with E-state index in [9.17, 15) is 9.59 Å². The average molecular weight is 364 g/mol. The van der Waals surface area contributed by atoms with Gasteiger partial charge in [0.15, 0.2) is 5.69 Å². The van der Waals surface area contributed by atoms with Gasteiger partial charge >= 0.3 is 0 Å². The van der Waals surface area contributed by atoms with Crippen molar-refractivity contribution in [1.82, 2.24) is 25.6 Å².